The van der Waals surface area contributed by atoms with Crippen LogP contribution in [0.3, 0.4) is 0 Å². The SMILES string of the molecule is COc1ccc(F)cc1C1(C)CO1. The number of rotatable bonds is 2. The van der Waals surface area contributed by atoms with Crippen LogP contribution in [0, 0.1) is 5.82 Å². The fourth-order valence-electron chi connectivity index (χ4n) is 1.36. The molecule has 3 heteroatoms. The average molecular weight is 182 g/mol. The predicted octanol–water partition coefficient (Wildman–Crippen LogP) is 2.08. The van der Waals surface area contributed by atoms with E-state index < -0.39 is 0 Å². The Kier molecular flexibility index (Phi) is 1.77. The molecule has 2 nitrogen and oxygen atoms in total. The molecule has 0 N–H and O–H groups in total. The number of epoxide rings is 1. The summed E-state index contributed by atoms with van der Waals surface area (Å²) in [6, 6.07) is 4.47. The van der Waals surface area contributed by atoms with Crippen molar-refractivity contribution in [3.05, 3.63) is 29.6 Å². The lowest BCUT2D eigenvalue weighted by Gasteiger charge is -2.11. The van der Waals surface area contributed by atoms with Gasteiger partial charge < -0.3 is 9.47 Å². The molecule has 1 aromatic rings. The van der Waals surface area contributed by atoms with Crippen LogP contribution in [0.25, 0.3) is 0 Å². The van der Waals surface area contributed by atoms with Crippen LogP contribution in [0.15, 0.2) is 18.2 Å². The summed E-state index contributed by atoms with van der Waals surface area (Å²) in [4.78, 5) is 0. The van der Waals surface area contributed by atoms with Gasteiger partial charge in [0.2, 0.25) is 0 Å². The van der Waals surface area contributed by atoms with Gasteiger partial charge in [-0.25, -0.2) is 4.39 Å². The minimum absolute atomic E-state index is 0.257. The number of hydrogen-bond donors (Lipinski definition) is 0. The average Bonchev–Trinajstić information content (AvgIpc) is 2.85. The first-order valence-corrected chi connectivity index (χ1v) is 4.14. The fourth-order valence-corrected chi connectivity index (χ4v) is 1.36. The predicted molar refractivity (Wildman–Crippen MR) is 46.3 cm³/mol. The normalized spacial score (nSPS) is 25.8. The minimum Gasteiger partial charge on any atom is -0.496 e. The van der Waals surface area contributed by atoms with Crippen molar-refractivity contribution >= 4 is 0 Å². The Hall–Kier alpha value is -1.09. The van der Waals surface area contributed by atoms with Crippen LogP contribution in [0.4, 0.5) is 4.39 Å². The molecule has 0 saturated carbocycles. The van der Waals surface area contributed by atoms with Gasteiger partial charge in [-0.3, -0.25) is 0 Å². The molecule has 0 amide bonds. The molecule has 1 unspecified atom stereocenters. The highest BCUT2D eigenvalue weighted by atomic mass is 19.1. The molecule has 1 aliphatic heterocycles. The van der Waals surface area contributed by atoms with E-state index >= 15 is 0 Å². The second-order valence-corrected chi connectivity index (χ2v) is 3.36. The number of halogens is 1. The molecule has 70 valence electrons. The number of benzene rings is 1. The molecule has 0 bridgehead atoms. The summed E-state index contributed by atoms with van der Waals surface area (Å²) < 4.78 is 23.3. The van der Waals surface area contributed by atoms with Crippen LogP contribution in [0.1, 0.15) is 12.5 Å². The molecule has 1 aromatic carbocycles. The lowest BCUT2D eigenvalue weighted by atomic mass is 10.0. The van der Waals surface area contributed by atoms with Crippen LogP contribution in [0.5, 0.6) is 5.75 Å². The van der Waals surface area contributed by atoms with Crippen LogP contribution in [0.2, 0.25) is 0 Å². The number of methoxy groups -OCH3 is 1. The van der Waals surface area contributed by atoms with Gasteiger partial charge in [0.05, 0.1) is 13.7 Å². The molecule has 1 aliphatic rings. The standard InChI is InChI=1S/C10H11FO2/c1-10(6-13-10)8-5-7(11)3-4-9(8)12-2/h3-5H,6H2,1-2H3. The summed E-state index contributed by atoms with van der Waals surface area (Å²) in [7, 11) is 1.57. The van der Waals surface area contributed by atoms with E-state index in [0.717, 1.165) is 5.56 Å². The van der Waals surface area contributed by atoms with Gasteiger partial charge in [0.1, 0.15) is 17.2 Å². The fraction of sp³-hybridized carbons (Fsp3) is 0.400. The van der Waals surface area contributed by atoms with E-state index in [1.165, 1.54) is 12.1 Å². The molecule has 0 aromatic heterocycles. The topological polar surface area (TPSA) is 21.8 Å². The van der Waals surface area contributed by atoms with Crippen molar-refractivity contribution in [2.24, 2.45) is 0 Å². The molecular weight excluding hydrogens is 171 g/mol. The molecular formula is C10H11FO2. The van der Waals surface area contributed by atoms with E-state index in [1.807, 2.05) is 6.92 Å². The van der Waals surface area contributed by atoms with Crippen LogP contribution >= 0.6 is 0 Å². The third kappa shape index (κ3) is 1.40. The van der Waals surface area contributed by atoms with Gasteiger partial charge in [0.15, 0.2) is 0 Å². The van der Waals surface area contributed by atoms with E-state index in [1.54, 1.807) is 13.2 Å². The lowest BCUT2D eigenvalue weighted by Crippen LogP contribution is -2.05. The summed E-state index contributed by atoms with van der Waals surface area (Å²) >= 11 is 0. The van der Waals surface area contributed by atoms with E-state index in [2.05, 4.69) is 0 Å². The van der Waals surface area contributed by atoms with Gasteiger partial charge >= 0.3 is 0 Å². The van der Waals surface area contributed by atoms with E-state index in [0.29, 0.717) is 12.4 Å². The Bertz CT molecular complexity index is 332. The zero-order valence-corrected chi connectivity index (χ0v) is 7.63. The van der Waals surface area contributed by atoms with Gasteiger partial charge in [-0.1, -0.05) is 0 Å². The quantitative estimate of drug-likeness (QED) is 0.653. The van der Waals surface area contributed by atoms with Crippen LogP contribution in [-0.4, -0.2) is 13.7 Å². The summed E-state index contributed by atoms with van der Waals surface area (Å²) in [5.41, 5.74) is 0.447. The van der Waals surface area contributed by atoms with Crippen molar-refractivity contribution in [2.75, 3.05) is 13.7 Å². The van der Waals surface area contributed by atoms with Crippen molar-refractivity contribution in [2.45, 2.75) is 12.5 Å². The monoisotopic (exact) mass is 182 g/mol. The van der Waals surface area contributed by atoms with Crippen molar-refractivity contribution in [1.82, 2.24) is 0 Å². The third-order valence-corrected chi connectivity index (χ3v) is 2.31. The van der Waals surface area contributed by atoms with Gasteiger partial charge in [0.25, 0.3) is 0 Å². The van der Waals surface area contributed by atoms with Crippen molar-refractivity contribution in [3.63, 3.8) is 0 Å². The number of ether oxygens (including phenoxy) is 2. The lowest BCUT2D eigenvalue weighted by molar-refractivity contribution is 0.315. The van der Waals surface area contributed by atoms with E-state index in [4.69, 9.17) is 9.47 Å². The van der Waals surface area contributed by atoms with Crippen molar-refractivity contribution < 1.29 is 13.9 Å². The molecule has 13 heavy (non-hydrogen) atoms. The van der Waals surface area contributed by atoms with Gasteiger partial charge in [0, 0.05) is 5.56 Å². The van der Waals surface area contributed by atoms with Gasteiger partial charge in [-0.2, -0.15) is 0 Å². The Labute approximate surface area is 76.3 Å². The molecule has 1 heterocycles. The Balaban J connectivity index is 2.47. The largest absolute Gasteiger partial charge is 0.496 e. The van der Waals surface area contributed by atoms with Crippen molar-refractivity contribution in [1.29, 1.82) is 0 Å². The Morgan fingerprint density at radius 1 is 1.54 bits per heavy atom. The van der Waals surface area contributed by atoms with Gasteiger partial charge in [-0.05, 0) is 25.1 Å². The highest BCUT2D eigenvalue weighted by Crippen LogP contribution is 2.42. The zero-order chi connectivity index (χ0) is 9.47. The maximum atomic E-state index is 12.9. The van der Waals surface area contributed by atoms with Gasteiger partial charge in [-0.15, -0.1) is 0 Å². The zero-order valence-electron chi connectivity index (χ0n) is 7.63. The maximum Gasteiger partial charge on any atom is 0.125 e. The molecule has 1 saturated heterocycles. The first kappa shape index (κ1) is 8.51. The molecule has 0 radical (unpaired) electrons. The highest BCUT2D eigenvalue weighted by molar-refractivity contribution is 5.40. The highest BCUT2D eigenvalue weighted by Gasteiger charge is 2.43. The molecule has 0 aliphatic carbocycles. The summed E-state index contributed by atoms with van der Waals surface area (Å²) in [6.45, 7) is 2.55. The maximum absolute atomic E-state index is 12.9. The molecule has 1 fully saturated rings. The first-order chi connectivity index (χ1) is 6.15. The third-order valence-electron chi connectivity index (χ3n) is 2.31. The molecule has 2 rings (SSSR count). The number of hydrogen-bond acceptors (Lipinski definition) is 2. The minimum atomic E-state index is -0.340. The summed E-state index contributed by atoms with van der Waals surface area (Å²) in [6.07, 6.45) is 0. The summed E-state index contributed by atoms with van der Waals surface area (Å²) in [5.74, 6) is 0.425. The molecule has 1 atom stereocenters. The van der Waals surface area contributed by atoms with E-state index in [-0.39, 0.29) is 11.4 Å². The van der Waals surface area contributed by atoms with E-state index in [9.17, 15) is 4.39 Å². The van der Waals surface area contributed by atoms with Crippen LogP contribution in [-0.2, 0) is 10.3 Å². The van der Waals surface area contributed by atoms with Crippen molar-refractivity contribution in [3.8, 4) is 5.75 Å². The smallest absolute Gasteiger partial charge is 0.125 e. The second kappa shape index (κ2) is 2.70. The van der Waals surface area contributed by atoms with Crippen LogP contribution < -0.4 is 4.74 Å². The Morgan fingerprint density at radius 3 is 2.77 bits per heavy atom. The first-order valence-electron chi connectivity index (χ1n) is 4.14. The summed E-state index contributed by atoms with van der Waals surface area (Å²) in [5, 5.41) is 0. The Morgan fingerprint density at radius 2 is 2.23 bits per heavy atom. The second-order valence-electron chi connectivity index (χ2n) is 3.36. The molecule has 0 spiro atoms.